The molecule has 5 rings (SSSR count). The highest BCUT2D eigenvalue weighted by atomic mass is 32.2. The Morgan fingerprint density at radius 1 is 1.02 bits per heavy atom. The average Bonchev–Trinajstić information content (AvgIpc) is 3.35. The van der Waals surface area contributed by atoms with Gasteiger partial charge in [-0.05, 0) is 61.6 Å². The number of hydrogen-bond donors (Lipinski definition) is 1. The molecule has 1 N–H and O–H groups in total. The summed E-state index contributed by atoms with van der Waals surface area (Å²) in [6, 6.07) is 18.2. The smallest absolute Gasteiger partial charge is 0.338 e. The van der Waals surface area contributed by atoms with E-state index in [-0.39, 0.29) is 29.9 Å². The zero-order valence-corrected chi connectivity index (χ0v) is 23.1. The summed E-state index contributed by atoms with van der Waals surface area (Å²) in [5.74, 6) is -1.14. The lowest BCUT2D eigenvalue weighted by atomic mass is 9.92. The molecule has 1 aromatic heterocycles. The summed E-state index contributed by atoms with van der Waals surface area (Å²) < 4.78 is 81.3. The molecule has 1 aliphatic rings. The number of imidazole rings is 1. The number of nitrogens with one attached hydrogen (secondary N) is 1. The zero-order valence-electron chi connectivity index (χ0n) is 22.3. The third kappa shape index (κ3) is 5.62. The molecule has 2 heterocycles. The molecule has 0 unspecified atom stereocenters. The van der Waals surface area contributed by atoms with Crippen LogP contribution in [0.4, 0.5) is 17.6 Å². The maximum Gasteiger partial charge on any atom is 0.419 e. The summed E-state index contributed by atoms with van der Waals surface area (Å²) in [4.78, 5) is 7.41. The third-order valence-electron chi connectivity index (χ3n) is 7.25. The number of hydrogen-bond acceptors (Lipinski definition) is 4. The molecule has 1 aliphatic heterocycles. The van der Waals surface area contributed by atoms with Crippen LogP contribution in [0.1, 0.15) is 49.2 Å². The van der Waals surface area contributed by atoms with Gasteiger partial charge in [-0.3, -0.25) is 0 Å². The number of sulfonamides is 1. The molecule has 212 valence electrons. The SMILES string of the molecule is CC(C)S(=O)(=O)N1CCC(=C(c2ccc(-c3cccc(C#N)c3)cc2)c2nc3cc(F)c(C(F)(F)F)cc3[nH]2)CC1. The van der Waals surface area contributed by atoms with E-state index in [1.165, 1.54) is 4.31 Å². The van der Waals surface area contributed by atoms with Crippen LogP contribution in [0.25, 0.3) is 27.7 Å². The fourth-order valence-electron chi connectivity index (χ4n) is 5.03. The third-order valence-corrected chi connectivity index (χ3v) is 9.52. The number of benzene rings is 3. The molecule has 6 nitrogen and oxygen atoms in total. The quantitative estimate of drug-likeness (QED) is 0.260. The summed E-state index contributed by atoms with van der Waals surface area (Å²) in [5, 5.41) is 8.68. The van der Waals surface area contributed by atoms with Gasteiger partial charge in [-0.25, -0.2) is 22.1 Å². The first kappa shape index (κ1) is 28.5. The van der Waals surface area contributed by atoms with E-state index in [9.17, 15) is 31.2 Å². The van der Waals surface area contributed by atoms with Crippen LogP contribution in [0.15, 0.2) is 66.2 Å². The number of alkyl halides is 3. The van der Waals surface area contributed by atoms with Gasteiger partial charge < -0.3 is 4.98 Å². The van der Waals surface area contributed by atoms with Crippen molar-refractivity contribution in [3.8, 4) is 17.2 Å². The Balaban J connectivity index is 1.60. The molecule has 4 aromatic rings. The topological polar surface area (TPSA) is 89.8 Å². The molecule has 41 heavy (non-hydrogen) atoms. The van der Waals surface area contributed by atoms with Crippen LogP contribution in [0, 0.1) is 17.1 Å². The number of H-pyrrole nitrogens is 1. The van der Waals surface area contributed by atoms with Gasteiger partial charge in [-0.15, -0.1) is 0 Å². The van der Waals surface area contributed by atoms with E-state index in [0.29, 0.717) is 30.0 Å². The lowest BCUT2D eigenvalue weighted by Gasteiger charge is -2.30. The van der Waals surface area contributed by atoms with Crippen molar-refractivity contribution in [2.75, 3.05) is 13.1 Å². The molecule has 0 amide bonds. The molecule has 0 bridgehead atoms. The first-order valence-corrected chi connectivity index (χ1v) is 14.5. The fraction of sp³-hybridized carbons (Fsp3) is 0.267. The first-order valence-electron chi connectivity index (χ1n) is 13.0. The number of fused-ring (bicyclic) bond motifs is 1. The number of rotatable bonds is 5. The van der Waals surface area contributed by atoms with Gasteiger partial charge in [0.2, 0.25) is 10.0 Å². The van der Waals surface area contributed by atoms with Crippen LogP contribution in [0.3, 0.4) is 0 Å². The number of halogens is 4. The van der Waals surface area contributed by atoms with Crippen LogP contribution in [-0.2, 0) is 16.2 Å². The molecular formula is C30H26F4N4O2S. The van der Waals surface area contributed by atoms with Crippen molar-refractivity contribution in [1.29, 1.82) is 5.26 Å². The van der Waals surface area contributed by atoms with Gasteiger partial charge in [0.15, 0.2) is 0 Å². The summed E-state index contributed by atoms with van der Waals surface area (Å²) in [5.41, 5.74) is 3.16. The van der Waals surface area contributed by atoms with Gasteiger partial charge in [0, 0.05) is 24.7 Å². The van der Waals surface area contributed by atoms with Crippen molar-refractivity contribution in [3.05, 3.63) is 94.6 Å². The van der Waals surface area contributed by atoms with Crippen molar-refractivity contribution in [2.24, 2.45) is 0 Å². The van der Waals surface area contributed by atoms with Crippen LogP contribution in [-0.4, -0.2) is 41.0 Å². The van der Waals surface area contributed by atoms with Gasteiger partial charge >= 0.3 is 6.18 Å². The predicted octanol–water partition coefficient (Wildman–Crippen LogP) is 6.90. The minimum Gasteiger partial charge on any atom is -0.338 e. The molecule has 1 fully saturated rings. The second-order valence-corrected chi connectivity index (χ2v) is 12.7. The lowest BCUT2D eigenvalue weighted by Crippen LogP contribution is -2.40. The maximum absolute atomic E-state index is 14.3. The second kappa shape index (κ2) is 10.8. The Labute approximate surface area is 235 Å². The minimum atomic E-state index is -4.86. The Kier molecular flexibility index (Phi) is 7.48. The monoisotopic (exact) mass is 582 g/mol. The standard InChI is InChI=1S/C30H26F4N4O2S/c1-18(2)41(39,40)38-12-10-22(11-13-38)28(21-8-6-20(7-9-21)23-5-3-4-19(14-23)17-35)29-36-26-15-24(30(32,33)34)25(31)16-27(26)37-29/h3-9,14-16,18H,10-13H2,1-2H3,(H,36,37). The van der Waals surface area contributed by atoms with E-state index in [1.807, 2.05) is 30.3 Å². The summed E-state index contributed by atoms with van der Waals surface area (Å²) >= 11 is 0. The van der Waals surface area contributed by atoms with E-state index >= 15 is 0 Å². The van der Waals surface area contributed by atoms with Crippen molar-refractivity contribution < 1.29 is 26.0 Å². The summed E-state index contributed by atoms with van der Waals surface area (Å²) in [6.07, 6.45) is -4.07. The lowest BCUT2D eigenvalue weighted by molar-refractivity contribution is -0.139. The Bertz CT molecular complexity index is 1790. The normalized spacial score (nSPS) is 14.9. The highest BCUT2D eigenvalue weighted by Gasteiger charge is 2.35. The largest absolute Gasteiger partial charge is 0.419 e. The van der Waals surface area contributed by atoms with Crippen LogP contribution in [0.2, 0.25) is 0 Å². The molecule has 0 spiro atoms. The molecule has 0 atom stereocenters. The maximum atomic E-state index is 14.3. The van der Waals surface area contributed by atoms with E-state index in [4.69, 9.17) is 0 Å². The Morgan fingerprint density at radius 2 is 1.71 bits per heavy atom. The van der Waals surface area contributed by atoms with E-state index < -0.39 is 32.8 Å². The van der Waals surface area contributed by atoms with Crippen LogP contribution < -0.4 is 0 Å². The number of piperidine rings is 1. The first-order chi connectivity index (χ1) is 19.4. The second-order valence-electron chi connectivity index (χ2n) is 10.2. The molecule has 3 aromatic carbocycles. The van der Waals surface area contributed by atoms with Gasteiger partial charge in [0.1, 0.15) is 11.6 Å². The minimum absolute atomic E-state index is 0.0385. The number of aromatic nitrogens is 2. The fourth-order valence-corrected chi connectivity index (χ4v) is 6.32. The van der Waals surface area contributed by atoms with E-state index in [2.05, 4.69) is 16.0 Å². The molecule has 0 radical (unpaired) electrons. The molecule has 0 aliphatic carbocycles. The van der Waals surface area contributed by atoms with Crippen LogP contribution in [0.5, 0.6) is 0 Å². The highest BCUT2D eigenvalue weighted by molar-refractivity contribution is 7.89. The van der Waals surface area contributed by atoms with Crippen molar-refractivity contribution >= 4 is 26.6 Å². The molecule has 1 saturated heterocycles. The molecular weight excluding hydrogens is 556 g/mol. The average molecular weight is 583 g/mol. The Morgan fingerprint density at radius 3 is 2.32 bits per heavy atom. The number of nitrogens with zero attached hydrogens (tertiary/aromatic N) is 3. The number of aromatic amines is 1. The van der Waals surface area contributed by atoms with Crippen molar-refractivity contribution in [1.82, 2.24) is 14.3 Å². The zero-order chi connectivity index (χ0) is 29.5. The summed E-state index contributed by atoms with van der Waals surface area (Å²) in [7, 11) is -3.45. The number of nitriles is 1. The van der Waals surface area contributed by atoms with E-state index in [1.54, 1.807) is 32.0 Å². The van der Waals surface area contributed by atoms with Crippen molar-refractivity contribution in [2.45, 2.75) is 38.1 Å². The molecule has 11 heteroatoms. The molecule has 0 saturated carbocycles. The van der Waals surface area contributed by atoms with Gasteiger partial charge in [0.25, 0.3) is 0 Å². The Hall–Kier alpha value is -4.01. The van der Waals surface area contributed by atoms with Gasteiger partial charge in [-0.2, -0.15) is 18.4 Å². The summed E-state index contributed by atoms with van der Waals surface area (Å²) in [6.45, 7) is 3.77. The van der Waals surface area contributed by atoms with Crippen LogP contribution >= 0.6 is 0 Å². The predicted molar refractivity (Wildman–Crippen MR) is 149 cm³/mol. The van der Waals surface area contributed by atoms with Gasteiger partial charge in [0.05, 0.1) is 33.5 Å². The van der Waals surface area contributed by atoms with Crippen molar-refractivity contribution in [3.63, 3.8) is 0 Å². The highest BCUT2D eigenvalue weighted by Crippen LogP contribution is 2.37. The van der Waals surface area contributed by atoms with Gasteiger partial charge in [-0.1, -0.05) is 42.0 Å². The van der Waals surface area contributed by atoms with E-state index in [0.717, 1.165) is 28.3 Å².